The van der Waals surface area contributed by atoms with E-state index in [0.717, 1.165) is 18.4 Å². The maximum Gasteiger partial charge on any atom is 0.446 e. The summed E-state index contributed by atoms with van der Waals surface area (Å²) in [5.41, 5.74) is 2.51. The van der Waals surface area contributed by atoms with Gasteiger partial charge in [0.1, 0.15) is 0 Å². The van der Waals surface area contributed by atoms with Crippen molar-refractivity contribution in [3.63, 3.8) is 0 Å². The van der Waals surface area contributed by atoms with Crippen molar-refractivity contribution in [1.29, 1.82) is 0 Å². The number of thioether (sulfide) groups is 1. The van der Waals surface area contributed by atoms with Crippen LogP contribution < -0.4 is 5.73 Å². The van der Waals surface area contributed by atoms with E-state index in [4.69, 9.17) is 5.73 Å². The minimum absolute atomic E-state index is 0. The van der Waals surface area contributed by atoms with Crippen molar-refractivity contribution in [2.75, 3.05) is 0 Å². The lowest BCUT2D eigenvalue weighted by molar-refractivity contribution is -0.0328. The highest BCUT2D eigenvalue weighted by Gasteiger charge is 2.29. The molecule has 0 fully saturated rings. The lowest BCUT2D eigenvalue weighted by atomic mass is 10.0. The van der Waals surface area contributed by atoms with Gasteiger partial charge in [0.25, 0.3) is 0 Å². The minimum Gasteiger partial charge on any atom is -0.324 e. The Kier molecular flexibility index (Phi) is 6.97. The number of hydrogen-bond donors (Lipinski definition) is 1. The molecular formula is C11H15ClF3NS. The van der Waals surface area contributed by atoms with E-state index in [2.05, 4.69) is 0 Å². The number of benzene rings is 1. The second kappa shape index (κ2) is 7.13. The van der Waals surface area contributed by atoms with Crippen LogP contribution in [0.5, 0.6) is 0 Å². The molecule has 98 valence electrons. The van der Waals surface area contributed by atoms with Crippen LogP contribution in [0.15, 0.2) is 29.2 Å². The molecule has 17 heavy (non-hydrogen) atoms. The van der Waals surface area contributed by atoms with Crippen molar-refractivity contribution in [3.05, 3.63) is 29.8 Å². The fourth-order valence-corrected chi connectivity index (χ4v) is 1.93. The zero-order chi connectivity index (χ0) is 12.2. The molecule has 1 aromatic rings. The topological polar surface area (TPSA) is 26.0 Å². The molecule has 0 aliphatic heterocycles. The molecule has 0 amide bonds. The van der Waals surface area contributed by atoms with Crippen molar-refractivity contribution in [3.8, 4) is 0 Å². The number of rotatable bonds is 4. The van der Waals surface area contributed by atoms with Crippen LogP contribution in [0.4, 0.5) is 13.2 Å². The molecule has 0 spiro atoms. The standard InChI is InChI=1S/C11H14F3NS.ClH/c1-2-3-10(15)8-4-6-9(7-5-8)16-11(12,13)14;/h4-7,10H,2-3,15H2,1H3;1H/t10-;/m0./s1. The Morgan fingerprint density at radius 3 is 2.18 bits per heavy atom. The van der Waals surface area contributed by atoms with Crippen LogP contribution in [0.3, 0.4) is 0 Å². The molecule has 0 bridgehead atoms. The van der Waals surface area contributed by atoms with E-state index in [1.807, 2.05) is 6.92 Å². The first kappa shape index (κ1) is 16.6. The molecule has 1 atom stereocenters. The summed E-state index contributed by atoms with van der Waals surface area (Å²) in [5, 5.41) is 0. The summed E-state index contributed by atoms with van der Waals surface area (Å²) in [4.78, 5) is 0.194. The molecule has 1 aromatic carbocycles. The second-order valence-corrected chi connectivity index (χ2v) is 4.65. The van der Waals surface area contributed by atoms with E-state index < -0.39 is 5.51 Å². The molecule has 1 rings (SSSR count). The highest BCUT2D eigenvalue weighted by Crippen LogP contribution is 2.37. The maximum atomic E-state index is 12.1. The molecule has 0 radical (unpaired) electrons. The van der Waals surface area contributed by atoms with Gasteiger partial charge >= 0.3 is 5.51 Å². The summed E-state index contributed by atoms with van der Waals surface area (Å²) < 4.78 is 36.2. The normalized spacial score (nSPS) is 13.0. The molecule has 0 aromatic heterocycles. The first-order chi connectivity index (χ1) is 7.42. The van der Waals surface area contributed by atoms with Gasteiger partial charge in [0.2, 0.25) is 0 Å². The van der Waals surface area contributed by atoms with Crippen molar-refractivity contribution in [1.82, 2.24) is 0 Å². The van der Waals surface area contributed by atoms with Gasteiger partial charge in [0.05, 0.1) is 0 Å². The fraction of sp³-hybridized carbons (Fsp3) is 0.455. The van der Waals surface area contributed by atoms with Crippen LogP contribution in [-0.4, -0.2) is 5.51 Å². The highest BCUT2D eigenvalue weighted by molar-refractivity contribution is 8.00. The number of alkyl halides is 3. The zero-order valence-electron chi connectivity index (χ0n) is 9.33. The Balaban J connectivity index is 0.00000256. The first-order valence-corrected chi connectivity index (χ1v) is 5.85. The highest BCUT2D eigenvalue weighted by atomic mass is 35.5. The molecule has 0 saturated heterocycles. The number of nitrogens with two attached hydrogens (primary N) is 1. The van der Waals surface area contributed by atoms with Crippen LogP contribution in [0.1, 0.15) is 31.4 Å². The lowest BCUT2D eigenvalue weighted by Gasteiger charge is -2.11. The molecule has 0 aliphatic rings. The average Bonchev–Trinajstić information content (AvgIpc) is 2.16. The van der Waals surface area contributed by atoms with Crippen LogP contribution >= 0.6 is 24.2 Å². The van der Waals surface area contributed by atoms with Crippen molar-refractivity contribution >= 4 is 24.2 Å². The third kappa shape index (κ3) is 6.19. The molecule has 0 aliphatic carbocycles. The van der Waals surface area contributed by atoms with Gasteiger partial charge in [-0.3, -0.25) is 0 Å². The van der Waals surface area contributed by atoms with Gasteiger partial charge in [-0.15, -0.1) is 12.4 Å². The minimum atomic E-state index is -4.23. The van der Waals surface area contributed by atoms with E-state index in [0.29, 0.717) is 0 Å². The predicted octanol–water partition coefficient (Wildman–Crippen LogP) is 4.52. The number of halogens is 4. The van der Waals surface area contributed by atoms with Crippen molar-refractivity contribution in [2.45, 2.75) is 36.2 Å². The summed E-state index contributed by atoms with van der Waals surface area (Å²) >= 11 is -0.106. The molecule has 0 heterocycles. The molecule has 1 nitrogen and oxygen atoms in total. The second-order valence-electron chi connectivity index (χ2n) is 3.51. The Morgan fingerprint density at radius 2 is 1.76 bits per heavy atom. The van der Waals surface area contributed by atoms with E-state index >= 15 is 0 Å². The Labute approximate surface area is 109 Å². The predicted molar refractivity (Wildman–Crippen MR) is 67.4 cm³/mol. The quantitative estimate of drug-likeness (QED) is 0.823. The summed E-state index contributed by atoms with van der Waals surface area (Å²) in [6.45, 7) is 2.02. The SMILES string of the molecule is CCC[C@H](N)c1ccc(SC(F)(F)F)cc1.Cl. The summed E-state index contributed by atoms with van der Waals surface area (Å²) in [6.07, 6.45) is 1.80. The number of hydrogen-bond acceptors (Lipinski definition) is 2. The summed E-state index contributed by atoms with van der Waals surface area (Å²) in [5.74, 6) is 0. The lowest BCUT2D eigenvalue weighted by Crippen LogP contribution is -2.09. The van der Waals surface area contributed by atoms with Gasteiger partial charge in [0, 0.05) is 10.9 Å². The van der Waals surface area contributed by atoms with E-state index in [1.54, 1.807) is 12.1 Å². The molecular weight excluding hydrogens is 271 g/mol. The summed E-state index contributed by atoms with van der Waals surface area (Å²) in [6, 6.07) is 6.16. The maximum absolute atomic E-state index is 12.1. The zero-order valence-corrected chi connectivity index (χ0v) is 11.0. The van der Waals surface area contributed by atoms with Gasteiger partial charge in [-0.25, -0.2) is 0 Å². The van der Waals surface area contributed by atoms with Gasteiger partial charge in [-0.2, -0.15) is 13.2 Å². The molecule has 6 heteroatoms. The van der Waals surface area contributed by atoms with Crippen molar-refractivity contribution < 1.29 is 13.2 Å². The van der Waals surface area contributed by atoms with Crippen LogP contribution in [0.25, 0.3) is 0 Å². The Bertz CT molecular complexity index is 326. The van der Waals surface area contributed by atoms with Gasteiger partial charge < -0.3 is 5.73 Å². The van der Waals surface area contributed by atoms with Gasteiger partial charge in [-0.05, 0) is 35.9 Å². The smallest absolute Gasteiger partial charge is 0.324 e. The fourth-order valence-electron chi connectivity index (χ4n) is 1.39. The summed E-state index contributed by atoms with van der Waals surface area (Å²) in [7, 11) is 0. The third-order valence-electron chi connectivity index (χ3n) is 2.14. The molecule has 0 saturated carbocycles. The first-order valence-electron chi connectivity index (χ1n) is 5.03. The van der Waals surface area contributed by atoms with E-state index in [9.17, 15) is 13.2 Å². The van der Waals surface area contributed by atoms with Gasteiger partial charge in [0.15, 0.2) is 0 Å². The van der Waals surface area contributed by atoms with E-state index in [-0.39, 0.29) is 35.1 Å². The monoisotopic (exact) mass is 285 g/mol. The Hall–Kier alpha value is -0.390. The Morgan fingerprint density at radius 1 is 1.24 bits per heavy atom. The average molecular weight is 286 g/mol. The van der Waals surface area contributed by atoms with Crippen LogP contribution in [-0.2, 0) is 0 Å². The largest absolute Gasteiger partial charge is 0.446 e. The van der Waals surface area contributed by atoms with E-state index in [1.165, 1.54) is 12.1 Å². The van der Waals surface area contributed by atoms with Crippen LogP contribution in [0, 0.1) is 0 Å². The van der Waals surface area contributed by atoms with Crippen molar-refractivity contribution in [2.24, 2.45) is 5.73 Å². The third-order valence-corrected chi connectivity index (χ3v) is 2.88. The molecule has 2 N–H and O–H groups in total. The van der Waals surface area contributed by atoms with Crippen LogP contribution in [0.2, 0.25) is 0 Å². The van der Waals surface area contributed by atoms with Gasteiger partial charge in [-0.1, -0.05) is 25.5 Å². The molecule has 0 unspecified atom stereocenters.